The molecule has 3 amide bonds. The number of nitrogens with zero attached hydrogens (tertiary/aromatic N) is 2. The number of Topliss-reactive ketones (excluding diaryl/α,β-unsaturated/α-hetero) is 1. The van der Waals surface area contributed by atoms with Gasteiger partial charge in [-0.3, -0.25) is 14.5 Å². The van der Waals surface area contributed by atoms with Gasteiger partial charge in [0.1, 0.15) is 17.2 Å². The molecular formula is C24H20ClF2N3O3. The Hall–Kier alpha value is -3.52. The fourth-order valence-electron chi connectivity index (χ4n) is 4.17. The van der Waals surface area contributed by atoms with Crippen LogP contribution in [0.2, 0.25) is 5.02 Å². The standard InChI is InChI=1S/C24H20ClF2N3O3/c1-13-10-18(14(2)30(13)17-7-4-15(25)5-8-17)21(31)12-29-22(32)24(3,28-23(29)33)19-11-16(26)6-9-20(19)27/h4-11H,12H2,1-3H3,(H,28,33). The smallest absolute Gasteiger partial charge is 0.319 e. The van der Waals surface area contributed by atoms with E-state index in [1.54, 1.807) is 25.1 Å². The number of carbonyl (C=O) groups excluding carboxylic acids is 3. The van der Waals surface area contributed by atoms with Crippen LogP contribution in [0.1, 0.15) is 34.2 Å². The van der Waals surface area contributed by atoms with Gasteiger partial charge in [0.05, 0.1) is 6.54 Å². The topological polar surface area (TPSA) is 71.4 Å². The van der Waals surface area contributed by atoms with Crippen LogP contribution in [0.4, 0.5) is 13.6 Å². The highest BCUT2D eigenvalue weighted by Gasteiger charge is 2.51. The Balaban J connectivity index is 1.62. The summed E-state index contributed by atoms with van der Waals surface area (Å²) in [5.74, 6) is -2.89. The van der Waals surface area contributed by atoms with Crippen molar-refractivity contribution in [3.05, 3.63) is 87.7 Å². The van der Waals surface area contributed by atoms with Crippen LogP contribution in [0.25, 0.3) is 5.69 Å². The zero-order valence-electron chi connectivity index (χ0n) is 18.1. The number of carbonyl (C=O) groups is 3. The number of ketones is 1. The van der Waals surface area contributed by atoms with Crippen LogP contribution in [-0.4, -0.2) is 33.7 Å². The molecule has 1 atom stereocenters. The number of rotatable bonds is 5. The number of hydrogen-bond acceptors (Lipinski definition) is 3. The van der Waals surface area contributed by atoms with Crippen molar-refractivity contribution >= 4 is 29.3 Å². The lowest BCUT2D eigenvalue weighted by Gasteiger charge is -2.22. The lowest BCUT2D eigenvalue weighted by molar-refractivity contribution is -0.130. The number of amides is 3. The minimum Gasteiger partial charge on any atom is -0.319 e. The third-order valence-electron chi connectivity index (χ3n) is 5.86. The van der Waals surface area contributed by atoms with Crippen LogP contribution in [0.3, 0.4) is 0 Å². The molecule has 0 radical (unpaired) electrons. The van der Waals surface area contributed by atoms with E-state index in [9.17, 15) is 23.2 Å². The molecule has 6 nitrogen and oxygen atoms in total. The fourth-order valence-corrected chi connectivity index (χ4v) is 4.29. The van der Waals surface area contributed by atoms with E-state index in [1.165, 1.54) is 6.92 Å². The second-order valence-electron chi connectivity index (χ2n) is 8.09. The molecule has 1 fully saturated rings. The number of hydrogen-bond donors (Lipinski definition) is 1. The number of aromatic nitrogens is 1. The minimum absolute atomic E-state index is 0.309. The van der Waals surface area contributed by atoms with E-state index in [1.807, 2.05) is 23.6 Å². The highest BCUT2D eigenvalue weighted by atomic mass is 35.5. The van der Waals surface area contributed by atoms with Crippen LogP contribution >= 0.6 is 11.6 Å². The normalized spacial score (nSPS) is 18.1. The van der Waals surface area contributed by atoms with E-state index in [-0.39, 0.29) is 5.56 Å². The summed E-state index contributed by atoms with van der Waals surface area (Å²) in [5.41, 5.74) is 0.416. The Bertz CT molecular complexity index is 1300. The molecule has 1 aliphatic heterocycles. The van der Waals surface area contributed by atoms with E-state index in [0.717, 1.165) is 34.5 Å². The first-order chi connectivity index (χ1) is 15.5. The molecule has 0 bridgehead atoms. The molecule has 9 heteroatoms. The first-order valence-corrected chi connectivity index (χ1v) is 10.5. The van der Waals surface area contributed by atoms with Gasteiger partial charge in [-0.15, -0.1) is 0 Å². The molecule has 33 heavy (non-hydrogen) atoms. The Morgan fingerprint density at radius 1 is 1.06 bits per heavy atom. The Morgan fingerprint density at radius 2 is 1.73 bits per heavy atom. The van der Waals surface area contributed by atoms with Gasteiger partial charge < -0.3 is 9.88 Å². The van der Waals surface area contributed by atoms with Gasteiger partial charge in [-0.05, 0) is 69.3 Å². The van der Waals surface area contributed by atoms with Gasteiger partial charge >= 0.3 is 6.03 Å². The van der Waals surface area contributed by atoms with E-state index in [0.29, 0.717) is 16.3 Å². The largest absolute Gasteiger partial charge is 0.325 e. The summed E-state index contributed by atoms with van der Waals surface area (Å²) < 4.78 is 29.9. The van der Waals surface area contributed by atoms with Crippen molar-refractivity contribution in [1.29, 1.82) is 0 Å². The van der Waals surface area contributed by atoms with Crippen LogP contribution in [0, 0.1) is 25.5 Å². The summed E-state index contributed by atoms with van der Waals surface area (Å²) in [6.07, 6.45) is 0. The first kappa shape index (κ1) is 22.7. The Labute approximate surface area is 193 Å². The summed E-state index contributed by atoms with van der Waals surface area (Å²) in [7, 11) is 0. The SMILES string of the molecule is Cc1cc(C(=O)CN2C(=O)NC(C)(c3cc(F)ccc3F)C2=O)c(C)n1-c1ccc(Cl)cc1. The average Bonchev–Trinajstić information content (AvgIpc) is 3.18. The van der Waals surface area contributed by atoms with Gasteiger partial charge in [-0.25, -0.2) is 13.6 Å². The van der Waals surface area contributed by atoms with Crippen molar-refractivity contribution in [3.63, 3.8) is 0 Å². The van der Waals surface area contributed by atoms with Crippen molar-refractivity contribution in [2.75, 3.05) is 6.54 Å². The van der Waals surface area contributed by atoms with Crippen molar-refractivity contribution in [1.82, 2.24) is 14.8 Å². The highest BCUT2D eigenvalue weighted by Crippen LogP contribution is 2.32. The van der Waals surface area contributed by atoms with Crippen LogP contribution in [-0.2, 0) is 10.3 Å². The lowest BCUT2D eigenvalue weighted by Crippen LogP contribution is -2.42. The predicted molar refractivity (Wildman–Crippen MR) is 119 cm³/mol. The van der Waals surface area contributed by atoms with Gasteiger partial charge in [0, 0.05) is 33.2 Å². The third kappa shape index (κ3) is 3.80. The van der Waals surface area contributed by atoms with Gasteiger partial charge in [0.25, 0.3) is 5.91 Å². The zero-order chi connectivity index (χ0) is 24.1. The number of benzene rings is 2. The maximum atomic E-state index is 14.3. The van der Waals surface area contributed by atoms with Crippen molar-refractivity contribution in [3.8, 4) is 5.69 Å². The van der Waals surface area contributed by atoms with Crippen molar-refractivity contribution < 1.29 is 23.2 Å². The van der Waals surface area contributed by atoms with Crippen LogP contribution < -0.4 is 5.32 Å². The molecule has 1 saturated heterocycles. The summed E-state index contributed by atoms with van der Waals surface area (Å²) in [4.78, 5) is 39.4. The van der Waals surface area contributed by atoms with Gasteiger partial charge in [-0.2, -0.15) is 0 Å². The minimum atomic E-state index is -1.83. The van der Waals surface area contributed by atoms with Crippen LogP contribution in [0.5, 0.6) is 0 Å². The second-order valence-corrected chi connectivity index (χ2v) is 8.53. The molecule has 1 N–H and O–H groups in total. The van der Waals surface area contributed by atoms with Gasteiger partial charge in [0.15, 0.2) is 5.78 Å². The second kappa shape index (κ2) is 8.12. The number of urea groups is 1. The maximum Gasteiger partial charge on any atom is 0.325 e. The van der Waals surface area contributed by atoms with Gasteiger partial charge in [-0.1, -0.05) is 11.6 Å². The molecule has 1 aromatic heterocycles. The van der Waals surface area contributed by atoms with E-state index < -0.39 is 41.4 Å². The third-order valence-corrected chi connectivity index (χ3v) is 6.11. The van der Waals surface area contributed by atoms with Gasteiger partial charge in [0.2, 0.25) is 0 Å². The molecule has 2 aromatic carbocycles. The van der Waals surface area contributed by atoms with Crippen LogP contribution in [0.15, 0.2) is 48.5 Å². The first-order valence-electron chi connectivity index (χ1n) is 10.1. The fraction of sp³-hybridized carbons (Fsp3) is 0.208. The van der Waals surface area contributed by atoms with E-state index >= 15 is 0 Å². The Kier molecular flexibility index (Phi) is 5.57. The molecule has 4 rings (SSSR count). The highest BCUT2D eigenvalue weighted by molar-refractivity contribution is 6.30. The molecule has 1 aliphatic rings. The molecule has 2 heterocycles. The zero-order valence-corrected chi connectivity index (χ0v) is 18.8. The van der Waals surface area contributed by atoms with Crippen molar-refractivity contribution in [2.24, 2.45) is 0 Å². The number of aryl methyl sites for hydroxylation is 1. The molecule has 0 spiro atoms. The molecule has 3 aromatic rings. The quantitative estimate of drug-likeness (QED) is 0.434. The molecule has 1 unspecified atom stereocenters. The monoisotopic (exact) mass is 471 g/mol. The summed E-state index contributed by atoms with van der Waals surface area (Å²) in [6.45, 7) is 4.33. The Morgan fingerprint density at radius 3 is 2.39 bits per heavy atom. The number of imide groups is 1. The molecule has 170 valence electrons. The average molecular weight is 472 g/mol. The lowest BCUT2D eigenvalue weighted by atomic mass is 9.91. The molecule has 0 aliphatic carbocycles. The molecular weight excluding hydrogens is 452 g/mol. The van der Waals surface area contributed by atoms with E-state index in [4.69, 9.17) is 11.6 Å². The maximum absolute atomic E-state index is 14.3. The predicted octanol–water partition coefficient (Wildman–Crippen LogP) is 4.68. The summed E-state index contributed by atoms with van der Waals surface area (Å²) in [5, 5.41) is 2.97. The number of halogens is 3. The van der Waals surface area contributed by atoms with E-state index in [2.05, 4.69) is 5.32 Å². The summed E-state index contributed by atoms with van der Waals surface area (Å²) >= 11 is 5.96. The molecule has 0 saturated carbocycles. The number of nitrogens with one attached hydrogen (secondary N) is 1. The van der Waals surface area contributed by atoms with Crippen molar-refractivity contribution in [2.45, 2.75) is 26.3 Å². The summed E-state index contributed by atoms with van der Waals surface area (Å²) in [6, 6.07) is 10.6.